The van der Waals surface area contributed by atoms with E-state index in [-0.39, 0.29) is 25.7 Å². The fraction of sp³-hybridized carbons (Fsp3) is 0.932. The minimum atomic E-state index is -4.33. The molecular formula is C44H89N2O6P. The number of aliphatic hydroxyl groups excluding tert-OH is 1. The summed E-state index contributed by atoms with van der Waals surface area (Å²) in [5.74, 6) is -0.190. The quantitative estimate of drug-likeness (QED) is 0.0276. The van der Waals surface area contributed by atoms with E-state index in [1.54, 1.807) is 6.08 Å². The van der Waals surface area contributed by atoms with Gasteiger partial charge in [0.2, 0.25) is 5.91 Å². The minimum absolute atomic E-state index is 0.0813. The number of nitrogens with two attached hydrogens (primary N) is 1. The maximum atomic E-state index is 12.8. The van der Waals surface area contributed by atoms with Gasteiger partial charge in [-0.3, -0.25) is 13.8 Å². The second-order valence-corrected chi connectivity index (χ2v) is 17.1. The van der Waals surface area contributed by atoms with Gasteiger partial charge in [-0.1, -0.05) is 219 Å². The maximum Gasteiger partial charge on any atom is 0.472 e. The Labute approximate surface area is 328 Å². The monoisotopic (exact) mass is 773 g/mol. The number of carbonyl (C=O) groups excluding carboxylic acids is 1. The third-order valence-corrected chi connectivity index (χ3v) is 11.3. The SMILES string of the molecule is CCCCCCCCCCCC/C=C/C(O)C(COP(=O)(O)OCCN)NC(=O)CCCCCCCCCCCCCCCCCCCCCCCC. The maximum absolute atomic E-state index is 12.8. The van der Waals surface area contributed by atoms with Crippen molar-refractivity contribution in [1.82, 2.24) is 5.32 Å². The molecule has 0 saturated heterocycles. The Morgan fingerprint density at radius 1 is 0.604 bits per heavy atom. The highest BCUT2D eigenvalue weighted by Gasteiger charge is 2.26. The van der Waals surface area contributed by atoms with E-state index in [9.17, 15) is 19.4 Å². The molecule has 0 aromatic carbocycles. The van der Waals surface area contributed by atoms with Crippen LogP contribution in [0.25, 0.3) is 0 Å². The number of carbonyl (C=O) groups is 1. The molecule has 8 nitrogen and oxygen atoms in total. The van der Waals surface area contributed by atoms with E-state index in [0.29, 0.717) is 6.42 Å². The molecule has 0 saturated carbocycles. The zero-order valence-electron chi connectivity index (χ0n) is 35.0. The van der Waals surface area contributed by atoms with Crippen molar-refractivity contribution in [2.75, 3.05) is 19.8 Å². The second-order valence-electron chi connectivity index (χ2n) is 15.6. The van der Waals surface area contributed by atoms with Gasteiger partial charge in [0.25, 0.3) is 0 Å². The summed E-state index contributed by atoms with van der Waals surface area (Å²) in [5.41, 5.74) is 5.37. The molecule has 0 radical (unpaired) electrons. The molecule has 0 aromatic rings. The van der Waals surface area contributed by atoms with Crippen molar-refractivity contribution in [2.45, 2.75) is 244 Å². The molecule has 0 aliphatic carbocycles. The zero-order chi connectivity index (χ0) is 38.9. The van der Waals surface area contributed by atoms with Crippen LogP contribution in [0.2, 0.25) is 0 Å². The van der Waals surface area contributed by atoms with E-state index in [2.05, 4.69) is 19.2 Å². The Balaban J connectivity index is 4.05. The lowest BCUT2D eigenvalue weighted by Crippen LogP contribution is -2.45. The number of aliphatic hydroxyl groups is 1. The third kappa shape index (κ3) is 39.3. The molecule has 1 amide bonds. The normalized spacial score (nSPS) is 14.1. The lowest BCUT2D eigenvalue weighted by atomic mass is 10.0. The van der Waals surface area contributed by atoms with Crippen LogP contribution in [0.15, 0.2) is 12.2 Å². The summed E-state index contributed by atoms with van der Waals surface area (Å²) >= 11 is 0. The lowest BCUT2D eigenvalue weighted by molar-refractivity contribution is -0.123. The van der Waals surface area contributed by atoms with Gasteiger partial charge >= 0.3 is 7.82 Å². The molecule has 316 valence electrons. The zero-order valence-corrected chi connectivity index (χ0v) is 35.9. The Kier molecular flexibility index (Phi) is 40.3. The molecule has 3 atom stereocenters. The van der Waals surface area contributed by atoms with E-state index in [1.165, 1.54) is 173 Å². The number of amides is 1. The average molecular weight is 773 g/mol. The molecule has 0 aliphatic rings. The van der Waals surface area contributed by atoms with Gasteiger partial charge in [-0.2, -0.15) is 0 Å². The Morgan fingerprint density at radius 2 is 0.962 bits per heavy atom. The number of phosphoric acid groups is 1. The fourth-order valence-corrected chi connectivity index (χ4v) is 7.66. The minimum Gasteiger partial charge on any atom is -0.387 e. The molecule has 0 aliphatic heterocycles. The van der Waals surface area contributed by atoms with Crippen molar-refractivity contribution in [3.05, 3.63) is 12.2 Å². The van der Waals surface area contributed by atoms with Gasteiger partial charge in [-0.15, -0.1) is 0 Å². The van der Waals surface area contributed by atoms with Crippen molar-refractivity contribution in [3.63, 3.8) is 0 Å². The average Bonchev–Trinajstić information content (AvgIpc) is 3.14. The summed E-state index contributed by atoms with van der Waals surface area (Å²) in [5, 5.41) is 13.7. The highest BCUT2D eigenvalue weighted by Crippen LogP contribution is 2.43. The number of hydrogen-bond donors (Lipinski definition) is 4. The molecule has 0 spiro atoms. The highest BCUT2D eigenvalue weighted by molar-refractivity contribution is 7.47. The molecule has 0 fully saturated rings. The van der Waals surface area contributed by atoms with Gasteiger partial charge in [0, 0.05) is 13.0 Å². The van der Waals surface area contributed by atoms with E-state index < -0.39 is 20.0 Å². The van der Waals surface area contributed by atoms with Crippen molar-refractivity contribution in [3.8, 4) is 0 Å². The first kappa shape index (κ1) is 52.2. The van der Waals surface area contributed by atoms with Gasteiger partial charge in [0.1, 0.15) is 0 Å². The Hall–Kier alpha value is -0.760. The summed E-state index contributed by atoms with van der Waals surface area (Å²) < 4.78 is 22.1. The van der Waals surface area contributed by atoms with Crippen LogP contribution in [0.1, 0.15) is 232 Å². The number of nitrogens with one attached hydrogen (secondary N) is 1. The van der Waals surface area contributed by atoms with Crippen molar-refractivity contribution in [1.29, 1.82) is 0 Å². The van der Waals surface area contributed by atoms with Crippen LogP contribution >= 0.6 is 7.82 Å². The Bertz CT molecular complexity index is 845. The third-order valence-electron chi connectivity index (χ3n) is 10.4. The van der Waals surface area contributed by atoms with E-state index in [0.717, 1.165) is 38.5 Å². The summed E-state index contributed by atoms with van der Waals surface area (Å²) in [4.78, 5) is 22.7. The number of phosphoric ester groups is 1. The number of rotatable bonds is 43. The van der Waals surface area contributed by atoms with Crippen molar-refractivity contribution in [2.24, 2.45) is 5.73 Å². The largest absolute Gasteiger partial charge is 0.472 e. The predicted molar refractivity (Wildman–Crippen MR) is 226 cm³/mol. The lowest BCUT2D eigenvalue weighted by Gasteiger charge is -2.23. The fourth-order valence-electron chi connectivity index (χ4n) is 6.90. The molecule has 0 heterocycles. The first-order valence-electron chi connectivity index (χ1n) is 22.8. The molecule has 0 rings (SSSR count). The van der Waals surface area contributed by atoms with Crippen LogP contribution in [0.5, 0.6) is 0 Å². The van der Waals surface area contributed by atoms with Gasteiger partial charge < -0.3 is 21.1 Å². The molecule has 53 heavy (non-hydrogen) atoms. The van der Waals surface area contributed by atoms with Crippen LogP contribution in [-0.4, -0.2) is 47.8 Å². The van der Waals surface area contributed by atoms with E-state index >= 15 is 0 Å². The van der Waals surface area contributed by atoms with Gasteiger partial charge in [-0.05, 0) is 19.3 Å². The summed E-state index contributed by atoms with van der Waals surface area (Å²) in [6.07, 6.45) is 45.5. The molecular weight excluding hydrogens is 683 g/mol. The van der Waals surface area contributed by atoms with Gasteiger partial charge in [-0.25, -0.2) is 4.57 Å². The molecule has 0 aromatic heterocycles. The molecule has 3 unspecified atom stereocenters. The van der Waals surface area contributed by atoms with Crippen LogP contribution in [0, 0.1) is 0 Å². The summed E-state index contributed by atoms with van der Waals surface area (Å²) in [6.45, 7) is 4.15. The Morgan fingerprint density at radius 3 is 1.34 bits per heavy atom. The smallest absolute Gasteiger partial charge is 0.387 e. The summed E-state index contributed by atoms with van der Waals surface area (Å²) in [7, 11) is -4.33. The van der Waals surface area contributed by atoms with Gasteiger partial charge in [0.15, 0.2) is 0 Å². The topological polar surface area (TPSA) is 131 Å². The van der Waals surface area contributed by atoms with Crippen LogP contribution in [0.4, 0.5) is 0 Å². The molecule has 0 bridgehead atoms. The van der Waals surface area contributed by atoms with E-state index in [1.807, 2.05) is 6.08 Å². The summed E-state index contributed by atoms with van der Waals surface area (Å²) in [6, 6.07) is -0.854. The molecule has 5 N–H and O–H groups in total. The number of hydrogen-bond acceptors (Lipinski definition) is 6. The van der Waals surface area contributed by atoms with Crippen molar-refractivity contribution >= 4 is 13.7 Å². The standard InChI is InChI=1S/C44H89N2O6P/c1-3-5-7-9-11-13-15-17-18-19-20-21-22-23-24-25-26-28-30-32-34-36-38-44(48)46-42(41-52-53(49,50)51-40-39-45)43(47)37-35-33-31-29-27-16-14-12-10-8-6-4-2/h35,37,42-43,47H,3-34,36,38-41,45H2,1-2H3,(H,46,48)(H,49,50)/b37-35+. The van der Waals surface area contributed by atoms with E-state index in [4.69, 9.17) is 14.8 Å². The number of unbranched alkanes of at least 4 members (excludes halogenated alkanes) is 31. The highest BCUT2D eigenvalue weighted by atomic mass is 31.2. The van der Waals surface area contributed by atoms with Crippen LogP contribution in [0.3, 0.4) is 0 Å². The molecule has 9 heteroatoms. The first-order valence-corrected chi connectivity index (χ1v) is 24.3. The first-order chi connectivity index (χ1) is 25.9. The second kappa shape index (κ2) is 40.9. The van der Waals surface area contributed by atoms with Crippen LogP contribution < -0.4 is 11.1 Å². The van der Waals surface area contributed by atoms with Gasteiger partial charge in [0.05, 0.1) is 25.4 Å². The predicted octanol–water partition coefficient (Wildman–Crippen LogP) is 12.8. The van der Waals surface area contributed by atoms with Crippen LogP contribution in [-0.2, 0) is 18.4 Å². The van der Waals surface area contributed by atoms with Crippen molar-refractivity contribution < 1.29 is 28.4 Å². The number of allylic oxidation sites excluding steroid dienone is 1.